The molecule has 7 rings (SSSR count). The molecule has 0 bridgehead atoms. The minimum absolute atomic E-state index is 0.201. The zero-order valence-electron chi connectivity index (χ0n) is 31.5. The van der Waals surface area contributed by atoms with Crippen molar-refractivity contribution in [2.45, 2.75) is 82.8 Å². The number of nitrogens with one attached hydrogen (secondary N) is 3. The van der Waals surface area contributed by atoms with Crippen molar-refractivity contribution < 1.29 is 28.0 Å². The Kier molecular flexibility index (Phi) is 12.5. The van der Waals surface area contributed by atoms with Crippen LogP contribution < -0.4 is 20.9 Å². The fraction of sp³-hybridized carbons (Fsp3) is 0.463. The third-order valence-electron chi connectivity index (χ3n) is 11.0. The molecule has 4 amide bonds. The Hall–Kier alpha value is -5.44. The Morgan fingerprint density at radius 3 is 2.48 bits per heavy atom. The average Bonchev–Trinajstić information content (AvgIpc) is 3.86. The number of hydrogen-bond donors (Lipinski definition) is 3. The summed E-state index contributed by atoms with van der Waals surface area (Å²) in [6, 6.07) is 12.5. The maximum atomic E-state index is 14.6. The SMILES string of the molecule is O=C1CCC(Nc2ccc(CN3CCN(C(=O)CCCCCCCNC(=O)c4cnn5ccc(N6CCCC6c6cc(F)ccc6F)nc45)CC3)cc2)C(=O)N1. The fourth-order valence-corrected chi connectivity index (χ4v) is 7.85. The van der Waals surface area contributed by atoms with Crippen LogP contribution in [0.25, 0.3) is 5.65 Å². The summed E-state index contributed by atoms with van der Waals surface area (Å²) in [5, 5.41) is 12.8. The van der Waals surface area contributed by atoms with Crippen molar-refractivity contribution in [3.05, 3.63) is 89.2 Å². The van der Waals surface area contributed by atoms with Crippen LogP contribution in [0.3, 0.4) is 0 Å². The van der Waals surface area contributed by atoms with Gasteiger partial charge in [-0.1, -0.05) is 31.4 Å². The largest absolute Gasteiger partial charge is 0.374 e. The highest BCUT2D eigenvalue weighted by Gasteiger charge is 2.31. The molecule has 0 saturated carbocycles. The van der Waals surface area contributed by atoms with Crippen molar-refractivity contribution in [1.29, 1.82) is 0 Å². The lowest BCUT2D eigenvalue weighted by Gasteiger charge is -2.35. The molecule has 3 aliphatic heterocycles. The highest BCUT2D eigenvalue weighted by Crippen LogP contribution is 2.37. The van der Waals surface area contributed by atoms with E-state index in [1.54, 1.807) is 16.8 Å². The summed E-state index contributed by atoms with van der Waals surface area (Å²) in [6.07, 6.45) is 10.6. The first-order valence-electron chi connectivity index (χ1n) is 19.8. The number of amides is 4. The predicted molar refractivity (Wildman–Crippen MR) is 207 cm³/mol. The van der Waals surface area contributed by atoms with Gasteiger partial charge in [0.1, 0.15) is 29.1 Å². The van der Waals surface area contributed by atoms with Gasteiger partial charge in [-0.25, -0.2) is 18.3 Å². The summed E-state index contributed by atoms with van der Waals surface area (Å²) in [7, 11) is 0. The van der Waals surface area contributed by atoms with Crippen molar-refractivity contribution in [3.63, 3.8) is 0 Å². The number of nitrogens with zero attached hydrogens (tertiary/aromatic N) is 6. The number of fused-ring (bicyclic) bond motifs is 1. The minimum atomic E-state index is -0.482. The van der Waals surface area contributed by atoms with E-state index >= 15 is 0 Å². The molecule has 15 heteroatoms. The van der Waals surface area contributed by atoms with Gasteiger partial charge in [-0.2, -0.15) is 5.10 Å². The minimum Gasteiger partial charge on any atom is -0.374 e. The van der Waals surface area contributed by atoms with Gasteiger partial charge in [-0.05, 0) is 74.1 Å². The summed E-state index contributed by atoms with van der Waals surface area (Å²) < 4.78 is 30.1. The van der Waals surface area contributed by atoms with E-state index in [1.165, 1.54) is 12.3 Å². The van der Waals surface area contributed by atoms with E-state index in [2.05, 4.69) is 25.9 Å². The van der Waals surface area contributed by atoms with Gasteiger partial charge in [0.2, 0.25) is 17.7 Å². The molecule has 0 spiro atoms. The summed E-state index contributed by atoms with van der Waals surface area (Å²) in [4.78, 5) is 60.4. The van der Waals surface area contributed by atoms with Gasteiger partial charge in [-0.15, -0.1) is 0 Å². The molecule has 3 aliphatic rings. The number of halogens is 2. The molecule has 2 aromatic carbocycles. The van der Waals surface area contributed by atoms with Gasteiger partial charge in [0.15, 0.2) is 5.65 Å². The predicted octanol–water partition coefficient (Wildman–Crippen LogP) is 4.98. The molecule has 3 saturated heterocycles. The van der Waals surface area contributed by atoms with E-state index in [4.69, 9.17) is 4.98 Å². The normalized spacial score (nSPS) is 19.0. The number of hydrogen-bond acceptors (Lipinski definition) is 9. The van der Waals surface area contributed by atoms with Crippen LogP contribution >= 0.6 is 0 Å². The van der Waals surface area contributed by atoms with Gasteiger partial charge in [0.25, 0.3) is 5.91 Å². The quantitative estimate of drug-likeness (QED) is 0.113. The molecule has 3 fully saturated rings. The molecule has 4 aromatic rings. The van der Waals surface area contributed by atoms with Crippen LogP contribution in [0.15, 0.2) is 60.9 Å². The zero-order chi connectivity index (χ0) is 39.0. The topological polar surface area (TPSA) is 144 Å². The van der Waals surface area contributed by atoms with Crippen LogP contribution in [-0.4, -0.2) is 93.3 Å². The number of piperazine rings is 1. The fourth-order valence-electron chi connectivity index (χ4n) is 7.85. The third-order valence-corrected chi connectivity index (χ3v) is 11.0. The van der Waals surface area contributed by atoms with Crippen LogP contribution in [0.4, 0.5) is 20.3 Å². The lowest BCUT2D eigenvalue weighted by atomic mass is 10.0. The van der Waals surface area contributed by atoms with Gasteiger partial charge in [0.05, 0.1) is 12.2 Å². The molecule has 2 unspecified atom stereocenters. The first-order chi connectivity index (χ1) is 27.2. The summed E-state index contributed by atoms with van der Waals surface area (Å²) in [6.45, 7) is 5.00. The van der Waals surface area contributed by atoms with Crippen LogP contribution in [0.2, 0.25) is 0 Å². The van der Waals surface area contributed by atoms with Crippen molar-refractivity contribution in [2.75, 3.05) is 49.5 Å². The highest BCUT2D eigenvalue weighted by atomic mass is 19.1. The third kappa shape index (κ3) is 9.49. The van der Waals surface area contributed by atoms with Gasteiger partial charge in [0, 0.05) is 76.1 Å². The molecule has 2 aromatic heterocycles. The number of benzene rings is 2. The second-order valence-corrected chi connectivity index (χ2v) is 14.9. The van der Waals surface area contributed by atoms with Crippen LogP contribution in [-0.2, 0) is 20.9 Å². The average molecular weight is 770 g/mol. The summed E-state index contributed by atoms with van der Waals surface area (Å²) >= 11 is 0. The Labute approximate surface area is 324 Å². The van der Waals surface area contributed by atoms with Crippen molar-refractivity contribution in [1.82, 2.24) is 35.0 Å². The Morgan fingerprint density at radius 1 is 0.893 bits per heavy atom. The number of carbonyl (C=O) groups is 4. The van der Waals surface area contributed by atoms with Crippen molar-refractivity contribution in [3.8, 4) is 0 Å². The molecule has 3 N–H and O–H groups in total. The Morgan fingerprint density at radius 2 is 1.68 bits per heavy atom. The number of aromatic nitrogens is 3. The number of unbranched alkanes of at least 4 members (excludes halogenated alkanes) is 4. The van der Waals surface area contributed by atoms with E-state index in [0.717, 1.165) is 81.5 Å². The highest BCUT2D eigenvalue weighted by molar-refractivity contribution is 6.01. The lowest BCUT2D eigenvalue weighted by Crippen LogP contribution is -2.48. The zero-order valence-corrected chi connectivity index (χ0v) is 31.5. The van der Waals surface area contributed by atoms with Gasteiger partial charge >= 0.3 is 0 Å². The molecule has 296 valence electrons. The van der Waals surface area contributed by atoms with Crippen LogP contribution in [0.5, 0.6) is 0 Å². The van der Waals surface area contributed by atoms with E-state index in [1.807, 2.05) is 34.1 Å². The molecule has 0 aliphatic carbocycles. The van der Waals surface area contributed by atoms with E-state index in [0.29, 0.717) is 74.5 Å². The molecule has 0 radical (unpaired) electrons. The second kappa shape index (κ2) is 18.0. The molecule has 56 heavy (non-hydrogen) atoms. The second-order valence-electron chi connectivity index (χ2n) is 14.9. The number of anilines is 2. The van der Waals surface area contributed by atoms with E-state index in [9.17, 15) is 28.0 Å². The van der Waals surface area contributed by atoms with Gasteiger partial charge in [-0.3, -0.25) is 29.4 Å². The molecule has 5 heterocycles. The molecule has 13 nitrogen and oxygen atoms in total. The van der Waals surface area contributed by atoms with Crippen molar-refractivity contribution >= 4 is 40.8 Å². The molecule has 2 atom stereocenters. The molecular weight excluding hydrogens is 721 g/mol. The standard InChI is InChI=1S/C41H49F2N9O4/c42-29-11-14-33(43)31(25-29)35-7-6-19-51(35)36-17-20-52-39(47-36)32(26-45-52)40(55)44-18-5-3-1-2-4-8-38(54)50-23-21-49(22-24-50)27-28-9-12-30(13-10-28)46-34-15-16-37(53)48-41(34)56/h9-14,17,20,25-26,34-35,46H,1-8,15-16,18-19,21-24,27H2,(H,44,55)(H,48,53,56). The lowest BCUT2D eigenvalue weighted by molar-refractivity contribution is -0.134. The maximum Gasteiger partial charge on any atom is 0.256 e. The van der Waals surface area contributed by atoms with E-state index < -0.39 is 17.7 Å². The van der Waals surface area contributed by atoms with Crippen molar-refractivity contribution in [2.24, 2.45) is 0 Å². The summed E-state index contributed by atoms with van der Waals surface area (Å²) in [5.74, 6) is -0.922. The number of piperidine rings is 1. The first kappa shape index (κ1) is 38.8. The van der Waals surface area contributed by atoms with E-state index in [-0.39, 0.29) is 29.7 Å². The van der Waals surface area contributed by atoms with Gasteiger partial charge < -0.3 is 20.4 Å². The molecular formula is C41H49F2N9O4. The first-order valence-corrected chi connectivity index (χ1v) is 19.8. The number of imide groups is 1. The monoisotopic (exact) mass is 769 g/mol. The maximum absolute atomic E-state index is 14.6. The van der Waals surface area contributed by atoms with Crippen LogP contribution in [0.1, 0.15) is 91.7 Å². The smallest absolute Gasteiger partial charge is 0.256 e. The Bertz CT molecular complexity index is 2030. The summed E-state index contributed by atoms with van der Waals surface area (Å²) in [5.41, 5.74) is 3.07. The van der Waals surface area contributed by atoms with Crippen LogP contribution in [0, 0.1) is 11.6 Å². The Balaban J connectivity index is 0.769. The number of carbonyl (C=O) groups excluding carboxylic acids is 4. The number of rotatable bonds is 15.